The van der Waals surface area contributed by atoms with Crippen LogP contribution in [0.2, 0.25) is 0 Å². The molecule has 0 aliphatic rings. The van der Waals surface area contributed by atoms with Crippen LogP contribution in [0.1, 0.15) is 38.4 Å². The van der Waals surface area contributed by atoms with Gasteiger partial charge in [0.2, 0.25) is 0 Å². The highest BCUT2D eigenvalue weighted by molar-refractivity contribution is 7.92. The number of methoxy groups -OCH3 is 1. The van der Waals surface area contributed by atoms with Gasteiger partial charge in [0.05, 0.1) is 17.7 Å². The van der Waals surface area contributed by atoms with E-state index < -0.39 is 16.0 Å². The standard InChI is InChI=1S/C17H22N2O4S/c1-9-7-10(2)13(5)16(12(9)4)24(21,22)19-14-8-11(3)18-15(14)17(20)23-6/h7-8,18-19H,1-6H3. The Morgan fingerprint density at radius 1 is 1.04 bits per heavy atom. The molecule has 0 radical (unpaired) electrons. The van der Waals surface area contributed by atoms with Crippen LogP contribution in [0.3, 0.4) is 0 Å². The molecular formula is C17H22N2O4S. The van der Waals surface area contributed by atoms with Gasteiger partial charge in [0.25, 0.3) is 10.0 Å². The number of carbonyl (C=O) groups excluding carboxylic acids is 1. The lowest BCUT2D eigenvalue weighted by molar-refractivity contribution is 0.0596. The molecule has 0 fully saturated rings. The molecule has 2 rings (SSSR count). The van der Waals surface area contributed by atoms with Gasteiger partial charge in [-0.2, -0.15) is 0 Å². The van der Waals surface area contributed by atoms with E-state index in [0.717, 1.165) is 11.1 Å². The zero-order valence-electron chi connectivity index (χ0n) is 14.7. The quantitative estimate of drug-likeness (QED) is 0.829. The molecule has 0 bridgehead atoms. The van der Waals surface area contributed by atoms with Gasteiger partial charge in [-0.3, -0.25) is 4.72 Å². The predicted octanol–water partition coefficient (Wildman–Crippen LogP) is 3.14. The molecule has 1 heterocycles. The Hall–Kier alpha value is -2.28. The third kappa shape index (κ3) is 3.17. The van der Waals surface area contributed by atoms with Gasteiger partial charge in [0.15, 0.2) is 0 Å². The van der Waals surface area contributed by atoms with Crippen molar-refractivity contribution in [1.82, 2.24) is 4.98 Å². The van der Waals surface area contributed by atoms with Gasteiger partial charge < -0.3 is 9.72 Å². The Morgan fingerprint density at radius 3 is 2.08 bits per heavy atom. The summed E-state index contributed by atoms with van der Waals surface area (Å²) < 4.78 is 33.1. The number of sulfonamides is 1. The first-order chi connectivity index (χ1) is 11.1. The van der Waals surface area contributed by atoms with Gasteiger partial charge in [0, 0.05) is 5.69 Å². The lowest BCUT2D eigenvalue weighted by Crippen LogP contribution is -2.18. The van der Waals surface area contributed by atoms with Crippen LogP contribution >= 0.6 is 0 Å². The second-order valence-electron chi connectivity index (χ2n) is 5.93. The predicted molar refractivity (Wildman–Crippen MR) is 93.1 cm³/mol. The highest BCUT2D eigenvalue weighted by Crippen LogP contribution is 2.29. The third-order valence-corrected chi connectivity index (χ3v) is 5.79. The topological polar surface area (TPSA) is 88.3 Å². The van der Waals surface area contributed by atoms with Crippen molar-refractivity contribution in [2.75, 3.05) is 11.8 Å². The van der Waals surface area contributed by atoms with Crippen LogP contribution in [0.15, 0.2) is 17.0 Å². The molecule has 2 aromatic rings. The normalized spacial score (nSPS) is 11.4. The SMILES string of the molecule is COC(=O)c1[nH]c(C)cc1NS(=O)(=O)c1c(C)c(C)cc(C)c1C. The molecule has 0 aliphatic carbocycles. The molecule has 1 aromatic carbocycles. The summed E-state index contributed by atoms with van der Waals surface area (Å²) in [7, 11) is -2.60. The van der Waals surface area contributed by atoms with Crippen LogP contribution in [-0.4, -0.2) is 26.5 Å². The number of hydrogen-bond acceptors (Lipinski definition) is 4. The van der Waals surface area contributed by atoms with E-state index >= 15 is 0 Å². The zero-order chi connectivity index (χ0) is 18.2. The molecule has 0 aliphatic heterocycles. The maximum Gasteiger partial charge on any atom is 0.356 e. The molecule has 0 saturated carbocycles. The molecule has 130 valence electrons. The number of aromatic amines is 1. The molecule has 0 spiro atoms. The molecule has 0 atom stereocenters. The van der Waals surface area contributed by atoms with Gasteiger partial charge >= 0.3 is 5.97 Å². The Bertz CT molecular complexity index is 885. The summed E-state index contributed by atoms with van der Waals surface area (Å²) in [5, 5.41) is 0. The average Bonchev–Trinajstić information content (AvgIpc) is 2.84. The number of ether oxygens (including phenoxy) is 1. The first kappa shape index (κ1) is 18.1. The number of aryl methyl sites for hydroxylation is 3. The van der Waals surface area contributed by atoms with Crippen molar-refractivity contribution in [3.8, 4) is 0 Å². The number of benzene rings is 1. The minimum absolute atomic E-state index is 0.0817. The summed E-state index contributed by atoms with van der Waals surface area (Å²) in [4.78, 5) is 14.9. The summed E-state index contributed by atoms with van der Waals surface area (Å²) in [6.45, 7) is 9.04. The van der Waals surface area contributed by atoms with Crippen molar-refractivity contribution in [3.63, 3.8) is 0 Å². The first-order valence-corrected chi connectivity index (χ1v) is 8.95. The molecular weight excluding hydrogens is 328 g/mol. The number of anilines is 1. The van der Waals surface area contributed by atoms with E-state index in [1.807, 2.05) is 19.9 Å². The highest BCUT2D eigenvalue weighted by Gasteiger charge is 2.25. The number of carbonyl (C=O) groups is 1. The molecule has 0 saturated heterocycles. The largest absolute Gasteiger partial charge is 0.464 e. The molecule has 0 unspecified atom stereocenters. The molecule has 24 heavy (non-hydrogen) atoms. The van der Waals surface area contributed by atoms with E-state index in [9.17, 15) is 13.2 Å². The molecule has 6 nitrogen and oxygen atoms in total. The monoisotopic (exact) mass is 350 g/mol. The summed E-state index contributed by atoms with van der Waals surface area (Å²) in [5.41, 5.74) is 4.10. The smallest absolute Gasteiger partial charge is 0.356 e. The lowest BCUT2D eigenvalue weighted by atomic mass is 10.0. The van der Waals surface area contributed by atoms with E-state index in [-0.39, 0.29) is 16.3 Å². The average molecular weight is 350 g/mol. The Balaban J connectivity index is 2.58. The Labute approximate surface area is 142 Å². The minimum Gasteiger partial charge on any atom is -0.464 e. The second-order valence-corrected chi connectivity index (χ2v) is 7.55. The van der Waals surface area contributed by atoms with Gasteiger partial charge in [0.1, 0.15) is 5.69 Å². The number of aromatic nitrogens is 1. The lowest BCUT2D eigenvalue weighted by Gasteiger charge is -2.16. The number of hydrogen-bond donors (Lipinski definition) is 2. The summed E-state index contributed by atoms with van der Waals surface area (Å²) in [6.07, 6.45) is 0. The van der Waals surface area contributed by atoms with Crippen LogP contribution < -0.4 is 4.72 Å². The minimum atomic E-state index is -3.85. The van der Waals surface area contributed by atoms with Crippen molar-refractivity contribution in [2.45, 2.75) is 39.5 Å². The maximum absolute atomic E-state index is 12.9. The van der Waals surface area contributed by atoms with Crippen LogP contribution in [0.5, 0.6) is 0 Å². The van der Waals surface area contributed by atoms with Gasteiger partial charge in [-0.1, -0.05) is 6.07 Å². The Morgan fingerprint density at radius 2 is 1.58 bits per heavy atom. The van der Waals surface area contributed by atoms with Crippen molar-refractivity contribution in [2.24, 2.45) is 0 Å². The van der Waals surface area contributed by atoms with Crippen molar-refractivity contribution in [3.05, 3.63) is 45.8 Å². The number of rotatable bonds is 4. The highest BCUT2D eigenvalue weighted by atomic mass is 32.2. The molecule has 0 amide bonds. The fraction of sp³-hybridized carbons (Fsp3) is 0.353. The van der Waals surface area contributed by atoms with Crippen molar-refractivity contribution < 1.29 is 17.9 Å². The van der Waals surface area contributed by atoms with E-state index in [4.69, 9.17) is 4.74 Å². The van der Waals surface area contributed by atoms with Crippen molar-refractivity contribution >= 4 is 21.7 Å². The first-order valence-electron chi connectivity index (χ1n) is 7.46. The van der Waals surface area contributed by atoms with Crippen LogP contribution in [-0.2, 0) is 14.8 Å². The number of H-pyrrole nitrogens is 1. The summed E-state index contributed by atoms with van der Waals surface area (Å²) >= 11 is 0. The van der Waals surface area contributed by atoms with Crippen LogP contribution in [0, 0.1) is 34.6 Å². The molecule has 7 heteroatoms. The third-order valence-electron chi connectivity index (χ3n) is 4.15. The van der Waals surface area contributed by atoms with E-state index in [0.29, 0.717) is 16.8 Å². The van der Waals surface area contributed by atoms with Crippen LogP contribution in [0.25, 0.3) is 0 Å². The fourth-order valence-corrected chi connectivity index (χ4v) is 4.39. The molecule has 1 aromatic heterocycles. The van der Waals surface area contributed by atoms with E-state index in [1.54, 1.807) is 26.8 Å². The van der Waals surface area contributed by atoms with Crippen molar-refractivity contribution in [1.29, 1.82) is 0 Å². The number of esters is 1. The summed E-state index contributed by atoms with van der Waals surface area (Å²) in [5.74, 6) is -0.630. The maximum atomic E-state index is 12.9. The van der Waals surface area contributed by atoms with E-state index in [2.05, 4.69) is 9.71 Å². The van der Waals surface area contributed by atoms with Gasteiger partial charge in [-0.05, 0) is 62.9 Å². The Kier molecular flexibility index (Phi) is 4.75. The van der Waals surface area contributed by atoms with Crippen LogP contribution in [0.4, 0.5) is 5.69 Å². The summed E-state index contributed by atoms with van der Waals surface area (Å²) in [6, 6.07) is 3.53. The zero-order valence-corrected chi connectivity index (χ0v) is 15.5. The van der Waals surface area contributed by atoms with Gasteiger partial charge in [-0.25, -0.2) is 13.2 Å². The van der Waals surface area contributed by atoms with Gasteiger partial charge in [-0.15, -0.1) is 0 Å². The second kappa shape index (κ2) is 6.32. The van der Waals surface area contributed by atoms with E-state index in [1.165, 1.54) is 7.11 Å². The molecule has 2 N–H and O–H groups in total. The fourth-order valence-electron chi connectivity index (χ4n) is 2.71. The number of nitrogens with one attached hydrogen (secondary N) is 2.